The molecule has 0 spiro atoms. The van der Waals surface area contributed by atoms with Crippen molar-refractivity contribution < 1.29 is 33.4 Å². The van der Waals surface area contributed by atoms with Crippen LogP contribution in [0.5, 0.6) is 0 Å². The van der Waals surface area contributed by atoms with E-state index in [0.717, 1.165) is 5.56 Å². The Morgan fingerprint density at radius 1 is 0.894 bits per heavy atom. The zero-order valence-corrected chi connectivity index (χ0v) is 28.8. The molecule has 4 N–H and O–H groups in total. The van der Waals surface area contributed by atoms with Gasteiger partial charge in [0.05, 0.1) is 6.42 Å². The van der Waals surface area contributed by atoms with Gasteiger partial charge in [-0.15, -0.1) is 0 Å². The van der Waals surface area contributed by atoms with Gasteiger partial charge >= 0.3 is 12.1 Å². The zero-order valence-electron chi connectivity index (χ0n) is 28.8. The van der Waals surface area contributed by atoms with Crippen molar-refractivity contribution in [1.29, 1.82) is 0 Å². The summed E-state index contributed by atoms with van der Waals surface area (Å²) in [7, 11) is 0. The molecule has 4 atom stereocenters. The lowest BCUT2D eigenvalue weighted by atomic mass is 9.97. The molecule has 2 aromatic rings. The Kier molecular flexibility index (Phi) is 13.7. The average Bonchev–Trinajstić information content (AvgIpc) is 2.96. The predicted molar refractivity (Wildman–Crippen MR) is 181 cm³/mol. The van der Waals surface area contributed by atoms with Crippen molar-refractivity contribution in [2.24, 2.45) is 5.73 Å². The summed E-state index contributed by atoms with van der Waals surface area (Å²) in [5.41, 5.74) is 5.68. The normalized spacial score (nSPS) is 14.0. The molecule has 11 nitrogen and oxygen atoms in total. The standard InChI is InChI=1S/C36H50N4O7/c1-10-23(3)40(32(43)27(22-29(37)41)39-34(45)47-36(7,8)9)30(26-19-15-18-24(11-2)20-26)31(42)38-28(33(44)46-35(4,5)6)21-25-16-13-12-14-17-25/h11-20,23,27-28,30H,2,10,21-22H2,1,3-9H3,(H2,37,41)(H,38,42)(H,39,45). The highest BCUT2D eigenvalue weighted by Crippen LogP contribution is 2.28. The Labute approximate surface area is 278 Å². The predicted octanol–water partition coefficient (Wildman–Crippen LogP) is 4.84. The van der Waals surface area contributed by atoms with E-state index in [1.165, 1.54) is 4.90 Å². The number of carbonyl (C=O) groups is 5. The third kappa shape index (κ3) is 12.6. The fourth-order valence-corrected chi connectivity index (χ4v) is 4.79. The molecule has 2 rings (SSSR count). The number of hydrogen-bond donors (Lipinski definition) is 3. The van der Waals surface area contributed by atoms with E-state index >= 15 is 0 Å². The summed E-state index contributed by atoms with van der Waals surface area (Å²) in [6.07, 6.45) is 0.672. The maximum absolute atomic E-state index is 14.5. The van der Waals surface area contributed by atoms with Gasteiger partial charge in [0.1, 0.15) is 29.3 Å². The third-order valence-corrected chi connectivity index (χ3v) is 6.99. The summed E-state index contributed by atoms with van der Waals surface area (Å²) in [5.74, 6) is -2.88. The molecule has 4 amide bonds. The van der Waals surface area contributed by atoms with Crippen LogP contribution in [0.3, 0.4) is 0 Å². The minimum atomic E-state index is -1.44. The van der Waals surface area contributed by atoms with Gasteiger partial charge in [0, 0.05) is 12.5 Å². The molecule has 256 valence electrons. The van der Waals surface area contributed by atoms with Crippen LogP contribution in [0.25, 0.3) is 6.08 Å². The van der Waals surface area contributed by atoms with Gasteiger partial charge in [-0.05, 0) is 77.6 Å². The van der Waals surface area contributed by atoms with E-state index < -0.39 is 71.6 Å². The number of nitrogens with one attached hydrogen (secondary N) is 2. The molecule has 0 aliphatic rings. The molecular weight excluding hydrogens is 600 g/mol. The number of rotatable bonds is 14. The molecule has 0 radical (unpaired) electrons. The summed E-state index contributed by atoms with van der Waals surface area (Å²) < 4.78 is 11.0. The molecule has 0 fully saturated rings. The topological polar surface area (TPSA) is 157 Å². The minimum absolute atomic E-state index is 0.128. The van der Waals surface area contributed by atoms with Gasteiger partial charge in [0.25, 0.3) is 0 Å². The van der Waals surface area contributed by atoms with Crippen molar-refractivity contribution in [1.82, 2.24) is 15.5 Å². The first kappa shape index (κ1) is 38.5. The van der Waals surface area contributed by atoms with Crippen LogP contribution in [0.2, 0.25) is 0 Å². The highest BCUT2D eigenvalue weighted by atomic mass is 16.6. The second kappa shape index (κ2) is 16.8. The van der Waals surface area contributed by atoms with Crippen molar-refractivity contribution in [3.8, 4) is 0 Å². The minimum Gasteiger partial charge on any atom is -0.458 e. The van der Waals surface area contributed by atoms with Crippen molar-refractivity contribution in [3.63, 3.8) is 0 Å². The highest BCUT2D eigenvalue weighted by molar-refractivity contribution is 5.96. The third-order valence-electron chi connectivity index (χ3n) is 6.99. The number of nitrogens with zero attached hydrogens (tertiary/aromatic N) is 1. The van der Waals surface area contributed by atoms with Crippen molar-refractivity contribution in [3.05, 3.63) is 77.9 Å². The number of benzene rings is 2. The van der Waals surface area contributed by atoms with Crippen LogP contribution in [0.15, 0.2) is 61.2 Å². The summed E-state index contributed by atoms with van der Waals surface area (Å²) in [6, 6.07) is 11.7. The number of alkyl carbamates (subject to hydrolysis) is 1. The number of primary amides is 1. The Morgan fingerprint density at radius 3 is 2.04 bits per heavy atom. The van der Waals surface area contributed by atoms with Crippen LogP contribution in [0, 0.1) is 0 Å². The smallest absolute Gasteiger partial charge is 0.408 e. The lowest BCUT2D eigenvalue weighted by molar-refractivity contribution is -0.159. The Bertz CT molecular complexity index is 1410. The van der Waals surface area contributed by atoms with Gasteiger partial charge in [-0.3, -0.25) is 14.4 Å². The first-order chi connectivity index (χ1) is 21.8. The van der Waals surface area contributed by atoms with Gasteiger partial charge in [-0.25, -0.2) is 9.59 Å². The van der Waals surface area contributed by atoms with Gasteiger partial charge < -0.3 is 30.7 Å². The second-order valence-corrected chi connectivity index (χ2v) is 13.4. The van der Waals surface area contributed by atoms with E-state index in [9.17, 15) is 24.0 Å². The molecule has 0 aromatic heterocycles. The maximum Gasteiger partial charge on any atom is 0.408 e. The van der Waals surface area contributed by atoms with Gasteiger partial charge in [-0.1, -0.05) is 68.1 Å². The molecule has 47 heavy (non-hydrogen) atoms. The molecule has 0 aliphatic heterocycles. The fraction of sp³-hybridized carbons (Fsp3) is 0.472. The maximum atomic E-state index is 14.5. The fourth-order valence-electron chi connectivity index (χ4n) is 4.79. The number of esters is 1. The number of amides is 4. The first-order valence-corrected chi connectivity index (χ1v) is 15.7. The molecular formula is C36H50N4O7. The lowest BCUT2D eigenvalue weighted by Gasteiger charge is -2.38. The largest absolute Gasteiger partial charge is 0.458 e. The quantitative estimate of drug-likeness (QED) is 0.247. The number of hydrogen-bond acceptors (Lipinski definition) is 7. The molecule has 11 heteroatoms. The van der Waals surface area contributed by atoms with E-state index in [2.05, 4.69) is 17.2 Å². The molecule has 0 saturated carbocycles. The monoisotopic (exact) mass is 650 g/mol. The van der Waals surface area contributed by atoms with Gasteiger partial charge in [0.2, 0.25) is 17.7 Å². The van der Waals surface area contributed by atoms with Crippen molar-refractivity contribution in [2.75, 3.05) is 0 Å². The van der Waals surface area contributed by atoms with E-state index in [1.54, 1.807) is 78.8 Å². The number of ether oxygens (including phenoxy) is 2. The van der Waals surface area contributed by atoms with Crippen molar-refractivity contribution >= 4 is 35.9 Å². The van der Waals surface area contributed by atoms with Crippen LogP contribution in [0.1, 0.15) is 91.0 Å². The zero-order chi connectivity index (χ0) is 35.5. The summed E-state index contributed by atoms with van der Waals surface area (Å²) in [6.45, 7) is 17.6. The molecule has 0 heterocycles. The van der Waals surface area contributed by atoms with Crippen LogP contribution in [-0.4, -0.2) is 64.0 Å². The van der Waals surface area contributed by atoms with Crippen LogP contribution in [0.4, 0.5) is 4.79 Å². The molecule has 0 bridgehead atoms. The van der Waals surface area contributed by atoms with Crippen LogP contribution in [-0.2, 0) is 35.1 Å². The van der Waals surface area contributed by atoms with Gasteiger partial charge in [0.15, 0.2) is 0 Å². The van der Waals surface area contributed by atoms with E-state index in [4.69, 9.17) is 15.2 Å². The SMILES string of the molecule is C=Cc1cccc(C(C(=O)NC(Cc2ccccc2)C(=O)OC(C)(C)C)N(C(=O)C(CC(N)=O)NC(=O)OC(C)(C)C)C(C)CC)c1. The average molecular weight is 651 g/mol. The lowest BCUT2D eigenvalue weighted by Crippen LogP contribution is -2.57. The Morgan fingerprint density at radius 2 is 1.51 bits per heavy atom. The summed E-state index contributed by atoms with van der Waals surface area (Å²) in [4.78, 5) is 68.6. The van der Waals surface area contributed by atoms with E-state index in [1.807, 2.05) is 37.3 Å². The molecule has 4 unspecified atom stereocenters. The Balaban J connectivity index is 2.68. The number of carbonyl (C=O) groups excluding carboxylic acids is 5. The van der Waals surface area contributed by atoms with E-state index in [0.29, 0.717) is 17.5 Å². The highest BCUT2D eigenvalue weighted by Gasteiger charge is 2.40. The van der Waals surface area contributed by atoms with Crippen molar-refractivity contribution in [2.45, 2.75) is 110 Å². The van der Waals surface area contributed by atoms with Gasteiger partial charge in [-0.2, -0.15) is 0 Å². The second-order valence-electron chi connectivity index (χ2n) is 13.4. The van der Waals surface area contributed by atoms with Crippen LogP contribution < -0.4 is 16.4 Å². The molecule has 0 aliphatic carbocycles. The molecule has 2 aromatic carbocycles. The van der Waals surface area contributed by atoms with Crippen LogP contribution >= 0.6 is 0 Å². The molecule has 0 saturated heterocycles. The summed E-state index contributed by atoms with van der Waals surface area (Å²) in [5, 5.41) is 5.33. The van der Waals surface area contributed by atoms with E-state index in [-0.39, 0.29) is 6.42 Å². The first-order valence-electron chi connectivity index (χ1n) is 15.7. The Hall–Kier alpha value is -4.67. The number of nitrogens with two attached hydrogens (primary N) is 1. The summed E-state index contributed by atoms with van der Waals surface area (Å²) >= 11 is 0.